The third kappa shape index (κ3) is 10.5. The third-order valence-electron chi connectivity index (χ3n) is 4.84. The first-order valence-electron chi connectivity index (χ1n) is 10.6. The van der Waals surface area contributed by atoms with Gasteiger partial charge in [-0.3, -0.25) is 19.2 Å². The Kier molecular flexibility index (Phi) is 13.1. The van der Waals surface area contributed by atoms with Gasteiger partial charge in [-0.2, -0.15) is 0 Å². The van der Waals surface area contributed by atoms with Crippen LogP contribution in [0.15, 0.2) is 0 Å². The van der Waals surface area contributed by atoms with Crippen LogP contribution in [0.3, 0.4) is 0 Å². The molecule has 32 heavy (non-hydrogen) atoms. The molecule has 0 aliphatic carbocycles. The standard InChI is InChI=1S/C20H37N5O7/c1-10(2)15(22)19(30)24-13(9-14(26)27)18(29)23-12(7-5-6-8-21)17(28)25-16(11(3)4)20(31)32/h10-13,15-16H,5-9,21-22H2,1-4H3,(H,23,29)(H,24,30)(H,25,28)(H,26,27)(H,31,32). The van der Waals surface area contributed by atoms with Crippen LogP contribution in [-0.2, 0) is 24.0 Å². The molecule has 0 fully saturated rings. The lowest BCUT2D eigenvalue weighted by Gasteiger charge is -2.26. The summed E-state index contributed by atoms with van der Waals surface area (Å²) in [5.41, 5.74) is 11.2. The number of carboxylic acid groups (broad SMARTS) is 2. The summed E-state index contributed by atoms with van der Waals surface area (Å²) >= 11 is 0. The monoisotopic (exact) mass is 459 g/mol. The number of nitrogens with two attached hydrogens (primary N) is 2. The lowest BCUT2D eigenvalue weighted by molar-refractivity contribution is -0.144. The van der Waals surface area contributed by atoms with E-state index in [0.29, 0.717) is 19.4 Å². The van der Waals surface area contributed by atoms with Crippen molar-refractivity contribution in [3.8, 4) is 0 Å². The summed E-state index contributed by atoms with van der Waals surface area (Å²) in [6.45, 7) is 7.00. The predicted octanol–water partition coefficient (Wildman–Crippen LogP) is -1.23. The molecule has 0 aromatic heterocycles. The normalized spacial score (nSPS) is 14.9. The number of unbranched alkanes of at least 4 members (excludes halogenated alkanes) is 1. The van der Waals surface area contributed by atoms with Gasteiger partial charge in [-0.15, -0.1) is 0 Å². The van der Waals surface area contributed by atoms with Crippen LogP contribution in [-0.4, -0.2) is 70.6 Å². The van der Waals surface area contributed by atoms with Crippen molar-refractivity contribution >= 4 is 29.7 Å². The fourth-order valence-electron chi connectivity index (χ4n) is 2.76. The molecule has 4 atom stereocenters. The largest absolute Gasteiger partial charge is 0.481 e. The highest BCUT2D eigenvalue weighted by Gasteiger charge is 2.32. The van der Waals surface area contributed by atoms with Gasteiger partial charge in [0.25, 0.3) is 0 Å². The zero-order chi connectivity index (χ0) is 25.0. The van der Waals surface area contributed by atoms with Crippen molar-refractivity contribution in [2.24, 2.45) is 23.3 Å². The number of hydrogen-bond acceptors (Lipinski definition) is 7. The highest BCUT2D eigenvalue weighted by molar-refractivity contribution is 5.95. The summed E-state index contributed by atoms with van der Waals surface area (Å²) < 4.78 is 0. The van der Waals surface area contributed by atoms with Crippen molar-refractivity contribution in [2.75, 3.05) is 6.54 Å². The molecule has 0 heterocycles. The van der Waals surface area contributed by atoms with Crippen LogP contribution in [0.2, 0.25) is 0 Å². The number of carbonyl (C=O) groups is 5. The van der Waals surface area contributed by atoms with E-state index in [1.165, 1.54) is 0 Å². The number of aliphatic carboxylic acids is 2. The molecular weight excluding hydrogens is 422 g/mol. The summed E-state index contributed by atoms with van der Waals surface area (Å²) in [5.74, 6) is -5.53. The van der Waals surface area contributed by atoms with E-state index in [9.17, 15) is 29.1 Å². The van der Waals surface area contributed by atoms with E-state index in [0.717, 1.165) is 0 Å². The first-order valence-corrected chi connectivity index (χ1v) is 10.6. The van der Waals surface area contributed by atoms with Crippen LogP contribution in [0.25, 0.3) is 0 Å². The number of nitrogens with one attached hydrogen (secondary N) is 3. The Morgan fingerprint density at radius 1 is 0.781 bits per heavy atom. The average Bonchev–Trinajstić information content (AvgIpc) is 2.68. The third-order valence-corrected chi connectivity index (χ3v) is 4.84. The van der Waals surface area contributed by atoms with Crippen molar-refractivity contribution in [2.45, 2.75) is 77.5 Å². The fraction of sp³-hybridized carbons (Fsp3) is 0.750. The number of carbonyl (C=O) groups excluding carboxylic acids is 3. The van der Waals surface area contributed by atoms with Crippen molar-refractivity contribution in [3.63, 3.8) is 0 Å². The molecule has 0 spiro atoms. The first kappa shape index (κ1) is 29.3. The number of carboxylic acids is 2. The Morgan fingerprint density at radius 2 is 1.31 bits per heavy atom. The van der Waals surface area contributed by atoms with Crippen molar-refractivity contribution in [3.05, 3.63) is 0 Å². The SMILES string of the molecule is CC(C)C(N)C(=O)NC(CC(=O)O)C(=O)NC(CCCCN)C(=O)NC(C(=O)O)C(C)C. The molecule has 12 heteroatoms. The maximum Gasteiger partial charge on any atom is 0.326 e. The molecule has 9 N–H and O–H groups in total. The molecule has 0 saturated carbocycles. The van der Waals surface area contributed by atoms with Gasteiger partial charge < -0.3 is 37.6 Å². The molecule has 0 radical (unpaired) electrons. The van der Waals surface area contributed by atoms with Gasteiger partial charge in [-0.1, -0.05) is 27.7 Å². The van der Waals surface area contributed by atoms with Gasteiger partial charge in [0.05, 0.1) is 12.5 Å². The molecule has 0 saturated heterocycles. The van der Waals surface area contributed by atoms with Crippen molar-refractivity contribution < 1.29 is 34.2 Å². The summed E-state index contributed by atoms with van der Waals surface area (Å²) in [4.78, 5) is 60.3. The minimum absolute atomic E-state index is 0.151. The van der Waals surface area contributed by atoms with Crippen LogP contribution in [0.1, 0.15) is 53.4 Å². The Balaban J connectivity index is 5.53. The molecule has 0 bridgehead atoms. The fourth-order valence-corrected chi connectivity index (χ4v) is 2.76. The van der Waals surface area contributed by atoms with Gasteiger partial charge in [0.15, 0.2) is 0 Å². The minimum atomic E-state index is -1.46. The van der Waals surface area contributed by atoms with Crippen LogP contribution in [0.4, 0.5) is 0 Å². The zero-order valence-electron chi connectivity index (χ0n) is 19.1. The molecule has 3 amide bonds. The molecule has 0 aromatic rings. The van der Waals surface area contributed by atoms with Gasteiger partial charge >= 0.3 is 11.9 Å². The maximum absolute atomic E-state index is 12.8. The molecule has 0 aliphatic rings. The van der Waals surface area contributed by atoms with Crippen LogP contribution in [0.5, 0.6) is 0 Å². The Labute approximate surface area is 187 Å². The van der Waals surface area contributed by atoms with Gasteiger partial charge in [0, 0.05) is 0 Å². The van der Waals surface area contributed by atoms with E-state index >= 15 is 0 Å². The highest BCUT2D eigenvalue weighted by Crippen LogP contribution is 2.07. The summed E-state index contributed by atoms with van der Waals surface area (Å²) in [5, 5.41) is 25.6. The topological polar surface area (TPSA) is 214 Å². The minimum Gasteiger partial charge on any atom is -0.481 e. The molecule has 0 aliphatic heterocycles. The highest BCUT2D eigenvalue weighted by atomic mass is 16.4. The number of amides is 3. The summed E-state index contributed by atoms with van der Waals surface area (Å²) in [7, 11) is 0. The first-order chi connectivity index (χ1) is 14.8. The smallest absolute Gasteiger partial charge is 0.326 e. The molecular formula is C20H37N5O7. The van der Waals surface area contributed by atoms with Gasteiger partial charge in [0.2, 0.25) is 17.7 Å². The lowest BCUT2D eigenvalue weighted by atomic mass is 10.0. The van der Waals surface area contributed by atoms with Gasteiger partial charge in [-0.25, -0.2) is 4.79 Å². The predicted molar refractivity (Wildman–Crippen MR) is 116 cm³/mol. The lowest BCUT2D eigenvalue weighted by Crippen LogP contribution is -2.58. The van der Waals surface area contributed by atoms with Crippen LogP contribution < -0.4 is 27.4 Å². The van der Waals surface area contributed by atoms with E-state index in [1.807, 2.05) is 0 Å². The number of rotatable bonds is 15. The Hall–Kier alpha value is -2.73. The Bertz CT molecular complexity index is 669. The molecule has 0 aromatic carbocycles. The summed E-state index contributed by atoms with van der Waals surface area (Å²) in [6, 6.07) is -4.73. The molecule has 12 nitrogen and oxygen atoms in total. The van der Waals surface area contributed by atoms with E-state index in [1.54, 1.807) is 27.7 Å². The second-order valence-electron chi connectivity index (χ2n) is 8.34. The van der Waals surface area contributed by atoms with E-state index in [-0.39, 0.29) is 12.3 Å². The van der Waals surface area contributed by atoms with Gasteiger partial charge in [0.1, 0.15) is 18.1 Å². The molecule has 4 unspecified atom stereocenters. The van der Waals surface area contributed by atoms with E-state index in [2.05, 4.69) is 16.0 Å². The van der Waals surface area contributed by atoms with Crippen molar-refractivity contribution in [1.82, 2.24) is 16.0 Å². The molecule has 0 rings (SSSR count). The summed E-state index contributed by atoms with van der Waals surface area (Å²) in [6.07, 6.45) is 0.453. The van der Waals surface area contributed by atoms with Crippen molar-refractivity contribution in [1.29, 1.82) is 0 Å². The second kappa shape index (κ2) is 14.4. The maximum atomic E-state index is 12.8. The van der Waals surface area contributed by atoms with Gasteiger partial charge in [-0.05, 0) is 37.6 Å². The van der Waals surface area contributed by atoms with E-state index in [4.69, 9.17) is 16.6 Å². The second-order valence-corrected chi connectivity index (χ2v) is 8.34. The van der Waals surface area contributed by atoms with E-state index < -0.39 is 66.2 Å². The van der Waals surface area contributed by atoms with Crippen LogP contribution >= 0.6 is 0 Å². The molecule has 184 valence electrons. The zero-order valence-corrected chi connectivity index (χ0v) is 19.1. The Morgan fingerprint density at radius 3 is 1.75 bits per heavy atom. The quantitative estimate of drug-likeness (QED) is 0.146. The average molecular weight is 460 g/mol. The number of hydrogen-bond donors (Lipinski definition) is 7. The van der Waals surface area contributed by atoms with Crippen LogP contribution in [0, 0.1) is 11.8 Å².